The highest BCUT2D eigenvalue weighted by Crippen LogP contribution is 2.29. The zero-order chi connectivity index (χ0) is 19.5. The molecule has 2 rings (SSSR count). The van der Waals surface area contributed by atoms with E-state index in [2.05, 4.69) is 5.32 Å². The van der Waals surface area contributed by atoms with Gasteiger partial charge >= 0.3 is 0 Å². The third-order valence-corrected chi connectivity index (χ3v) is 9.11. The van der Waals surface area contributed by atoms with Crippen LogP contribution in [0.5, 0.6) is 0 Å². The summed E-state index contributed by atoms with van der Waals surface area (Å²) in [5.41, 5.74) is 0. The second kappa shape index (κ2) is 8.28. The molecule has 0 spiro atoms. The lowest BCUT2D eigenvalue weighted by molar-refractivity contribution is -0.124. The number of nitrogens with zero attached hydrogens (tertiary/aromatic N) is 1. The zero-order valence-corrected chi connectivity index (χ0v) is 17.5. The Hall–Kier alpha value is -1.10. The Labute approximate surface area is 159 Å². The normalized spacial score (nSPS) is 20.0. The number of carbonyl (C=O) groups excluding carboxylic acids is 1. The van der Waals surface area contributed by atoms with Gasteiger partial charge in [-0.05, 0) is 37.6 Å². The van der Waals surface area contributed by atoms with E-state index in [0.29, 0.717) is 5.75 Å². The molecule has 1 aromatic carbocycles. The lowest BCUT2D eigenvalue weighted by Gasteiger charge is -2.24. The molecule has 0 aromatic heterocycles. The molecule has 2 unspecified atom stereocenters. The van der Waals surface area contributed by atoms with Crippen LogP contribution in [-0.2, 0) is 24.7 Å². The fourth-order valence-corrected chi connectivity index (χ4v) is 6.47. The lowest BCUT2D eigenvalue weighted by Crippen LogP contribution is -2.49. The molecule has 2 atom stereocenters. The number of thioether (sulfide) groups is 1. The monoisotopic (exact) mass is 420 g/mol. The molecule has 1 aliphatic heterocycles. The fraction of sp³-hybridized carbons (Fsp3) is 0.562. The number of benzene rings is 1. The van der Waals surface area contributed by atoms with Gasteiger partial charge < -0.3 is 5.32 Å². The number of hydrogen-bond donors (Lipinski definition) is 1. The molecule has 7 nitrogen and oxygen atoms in total. The maximum absolute atomic E-state index is 12.9. The SMILES string of the molecule is CCC(C)NC(=O)C1CSCN1S(=O)(=O)c1ccc(S(=O)(=O)CC)cc1. The van der Waals surface area contributed by atoms with Crippen molar-refractivity contribution >= 4 is 37.5 Å². The summed E-state index contributed by atoms with van der Waals surface area (Å²) in [5, 5.41) is 2.82. The van der Waals surface area contributed by atoms with Crippen LogP contribution in [0.2, 0.25) is 0 Å². The molecule has 1 saturated heterocycles. The van der Waals surface area contributed by atoms with Crippen molar-refractivity contribution in [2.45, 2.75) is 49.1 Å². The minimum atomic E-state index is -3.89. The van der Waals surface area contributed by atoms with E-state index in [1.807, 2.05) is 13.8 Å². The predicted molar refractivity (Wildman–Crippen MR) is 102 cm³/mol. The predicted octanol–water partition coefficient (Wildman–Crippen LogP) is 1.46. The van der Waals surface area contributed by atoms with Crippen molar-refractivity contribution < 1.29 is 21.6 Å². The highest BCUT2D eigenvalue weighted by atomic mass is 32.2. The second-order valence-electron chi connectivity index (χ2n) is 6.10. The third-order valence-electron chi connectivity index (χ3n) is 4.32. The quantitative estimate of drug-likeness (QED) is 0.717. The Balaban J connectivity index is 2.27. The summed E-state index contributed by atoms with van der Waals surface area (Å²) < 4.78 is 50.8. The molecule has 1 aromatic rings. The van der Waals surface area contributed by atoms with E-state index >= 15 is 0 Å². The van der Waals surface area contributed by atoms with Gasteiger partial charge in [-0.3, -0.25) is 4.79 Å². The number of sulfone groups is 1. The molecule has 1 aliphatic rings. The van der Waals surface area contributed by atoms with Crippen molar-refractivity contribution in [2.24, 2.45) is 0 Å². The average molecular weight is 421 g/mol. The molecular weight excluding hydrogens is 396 g/mol. The number of rotatable bonds is 7. The number of amides is 1. The van der Waals surface area contributed by atoms with Gasteiger partial charge in [0.15, 0.2) is 9.84 Å². The molecule has 0 bridgehead atoms. The van der Waals surface area contributed by atoms with E-state index in [1.165, 1.54) is 47.3 Å². The van der Waals surface area contributed by atoms with Crippen molar-refractivity contribution in [1.82, 2.24) is 9.62 Å². The summed E-state index contributed by atoms with van der Waals surface area (Å²) in [6.07, 6.45) is 0.756. The van der Waals surface area contributed by atoms with Crippen LogP contribution >= 0.6 is 11.8 Å². The maximum Gasteiger partial charge on any atom is 0.244 e. The van der Waals surface area contributed by atoms with Crippen molar-refractivity contribution in [1.29, 1.82) is 0 Å². The average Bonchev–Trinajstić information content (AvgIpc) is 3.12. The van der Waals surface area contributed by atoms with Crippen LogP contribution in [0.1, 0.15) is 27.2 Å². The Morgan fingerprint density at radius 1 is 1.19 bits per heavy atom. The number of nitrogens with one attached hydrogen (secondary N) is 1. The summed E-state index contributed by atoms with van der Waals surface area (Å²) in [6.45, 7) is 5.34. The van der Waals surface area contributed by atoms with Gasteiger partial charge in [0.25, 0.3) is 0 Å². The van der Waals surface area contributed by atoms with E-state index < -0.39 is 25.9 Å². The standard InChI is InChI=1S/C16H24N2O5S3/c1-4-12(3)17-16(19)15-10-24-11-18(15)26(22,23)14-8-6-13(7-9-14)25(20,21)5-2/h6-9,12,15H,4-5,10-11H2,1-3H3,(H,17,19). The van der Waals surface area contributed by atoms with Crippen molar-refractivity contribution in [2.75, 3.05) is 17.4 Å². The summed E-state index contributed by atoms with van der Waals surface area (Å²) in [4.78, 5) is 12.5. The summed E-state index contributed by atoms with van der Waals surface area (Å²) in [7, 11) is -7.28. The molecular formula is C16H24N2O5S3. The Kier molecular flexibility index (Phi) is 6.75. The first-order valence-electron chi connectivity index (χ1n) is 8.36. The first kappa shape index (κ1) is 21.2. The van der Waals surface area contributed by atoms with E-state index in [9.17, 15) is 21.6 Å². The van der Waals surface area contributed by atoms with E-state index in [-0.39, 0.29) is 33.4 Å². The van der Waals surface area contributed by atoms with Crippen molar-refractivity contribution in [3.63, 3.8) is 0 Å². The Morgan fingerprint density at radius 3 is 2.31 bits per heavy atom. The van der Waals surface area contributed by atoms with Crippen molar-refractivity contribution in [3.05, 3.63) is 24.3 Å². The summed E-state index contributed by atoms with van der Waals surface area (Å²) in [6, 6.07) is 4.36. The van der Waals surface area contributed by atoms with Crippen LogP contribution in [0, 0.1) is 0 Å². The van der Waals surface area contributed by atoms with Crippen LogP contribution in [0.25, 0.3) is 0 Å². The van der Waals surface area contributed by atoms with Gasteiger partial charge in [0.2, 0.25) is 15.9 Å². The summed E-state index contributed by atoms with van der Waals surface area (Å²) in [5.74, 6) is 0.220. The van der Waals surface area contributed by atoms with Gasteiger partial charge in [0.05, 0.1) is 21.4 Å². The van der Waals surface area contributed by atoms with E-state index in [1.54, 1.807) is 0 Å². The fourth-order valence-electron chi connectivity index (χ4n) is 2.43. The minimum absolute atomic E-state index is 0.0172. The van der Waals surface area contributed by atoms with Crippen LogP contribution in [0.3, 0.4) is 0 Å². The molecule has 1 N–H and O–H groups in total. The van der Waals surface area contributed by atoms with Gasteiger partial charge in [0.1, 0.15) is 6.04 Å². The molecule has 1 heterocycles. The molecule has 146 valence electrons. The number of sulfonamides is 1. The Morgan fingerprint density at radius 2 is 1.77 bits per heavy atom. The largest absolute Gasteiger partial charge is 0.352 e. The summed E-state index contributed by atoms with van der Waals surface area (Å²) >= 11 is 1.38. The minimum Gasteiger partial charge on any atom is -0.352 e. The van der Waals surface area contributed by atoms with Crippen LogP contribution < -0.4 is 5.32 Å². The zero-order valence-electron chi connectivity index (χ0n) is 15.0. The van der Waals surface area contributed by atoms with Crippen molar-refractivity contribution in [3.8, 4) is 0 Å². The van der Waals surface area contributed by atoms with Crippen LogP contribution in [0.15, 0.2) is 34.1 Å². The number of carbonyl (C=O) groups is 1. The second-order valence-corrected chi connectivity index (χ2v) is 11.3. The van der Waals surface area contributed by atoms with Crippen LogP contribution in [0.4, 0.5) is 0 Å². The van der Waals surface area contributed by atoms with Gasteiger partial charge in [-0.2, -0.15) is 4.31 Å². The maximum atomic E-state index is 12.9. The van der Waals surface area contributed by atoms with E-state index in [0.717, 1.165) is 6.42 Å². The molecule has 1 amide bonds. The third kappa shape index (κ3) is 4.41. The first-order valence-corrected chi connectivity index (χ1v) is 12.6. The molecule has 0 radical (unpaired) electrons. The highest BCUT2D eigenvalue weighted by molar-refractivity contribution is 8.00. The topological polar surface area (TPSA) is 101 Å². The van der Waals surface area contributed by atoms with E-state index in [4.69, 9.17) is 0 Å². The van der Waals surface area contributed by atoms with Gasteiger partial charge in [0, 0.05) is 11.8 Å². The lowest BCUT2D eigenvalue weighted by atomic mass is 10.2. The molecule has 1 fully saturated rings. The number of hydrogen-bond acceptors (Lipinski definition) is 6. The molecule has 0 saturated carbocycles. The smallest absolute Gasteiger partial charge is 0.244 e. The highest BCUT2D eigenvalue weighted by Gasteiger charge is 2.40. The molecule has 26 heavy (non-hydrogen) atoms. The first-order chi connectivity index (χ1) is 12.1. The molecule has 10 heteroatoms. The molecule has 0 aliphatic carbocycles. The van der Waals surface area contributed by atoms with Gasteiger partial charge in [-0.1, -0.05) is 13.8 Å². The van der Waals surface area contributed by atoms with Gasteiger partial charge in [-0.15, -0.1) is 11.8 Å². The Bertz CT molecular complexity index is 850. The van der Waals surface area contributed by atoms with Crippen LogP contribution in [-0.4, -0.2) is 56.5 Å². The van der Waals surface area contributed by atoms with Gasteiger partial charge in [-0.25, -0.2) is 16.8 Å².